The lowest BCUT2D eigenvalue weighted by Gasteiger charge is -2.34. The van der Waals surface area contributed by atoms with Crippen LogP contribution in [0.4, 0.5) is 4.79 Å². The molecule has 132 valence electrons. The van der Waals surface area contributed by atoms with Crippen LogP contribution in [0.1, 0.15) is 46.5 Å². The number of nitrogens with zero attached hydrogens (tertiary/aromatic N) is 1. The topological polar surface area (TPSA) is 67.9 Å². The van der Waals surface area contributed by atoms with E-state index in [4.69, 9.17) is 9.47 Å². The van der Waals surface area contributed by atoms with Gasteiger partial charge in [-0.05, 0) is 52.4 Å². The predicted molar refractivity (Wildman–Crippen MR) is 87.1 cm³/mol. The standard InChI is InChI=1S/C17H30N2O4/c1-17(2,3)23-16(21)18-12-13-4-6-14(7-5-13)15(20)19-8-10-22-11-9-19/h13-14H,4-12H2,1-3H3,(H,18,21). The molecule has 0 spiro atoms. The second kappa shape index (κ2) is 7.99. The van der Waals surface area contributed by atoms with Gasteiger partial charge in [0.05, 0.1) is 13.2 Å². The molecule has 0 radical (unpaired) electrons. The molecule has 1 heterocycles. The molecule has 0 unspecified atom stereocenters. The molecule has 0 aromatic carbocycles. The Hall–Kier alpha value is -1.30. The summed E-state index contributed by atoms with van der Waals surface area (Å²) in [6.45, 7) is 8.95. The molecule has 6 heteroatoms. The number of hydrogen-bond acceptors (Lipinski definition) is 4. The number of nitrogens with one attached hydrogen (secondary N) is 1. The highest BCUT2D eigenvalue weighted by atomic mass is 16.6. The Balaban J connectivity index is 1.67. The van der Waals surface area contributed by atoms with Crippen molar-refractivity contribution in [1.29, 1.82) is 0 Å². The van der Waals surface area contributed by atoms with Crippen molar-refractivity contribution in [3.8, 4) is 0 Å². The number of ether oxygens (including phenoxy) is 2. The number of carbonyl (C=O) groups excluding carboxylic acids is 2. The smallest absolute Gasteiger partial charge is 0.407 e. The molecule has 1 aliphatic carbocycles. The van der Waals surface area contributed by atoms with Gasteiger partial charge in [-0.25, -0.2) is 4.79 Å². The molecular formula is C17H30N2O4. The molecule has 0 bridgehead atoms. The van der Waals surface area contributed by atoms with Crippen molar-refractivity contribution in [3.63, 3.8) is 0 Å². The van der Waals surface area contributed by atoms with Crippen LogP contribution in [-0.2, 0) is 14.3 Å². The molecule has 1 saturated heterocycles. The minimum atomic E-state index is -0.466. The molecule has 0 atom stereocenters. The van der Waals surface area contributed by atoms with Gasteiger partial charge in [-0.3, -0.25) is 4.79 Å². The van der Waals surface area contributed by atoms with E-state index in [1.807, 2.05) is 25.7 Å². The van der Waals surface area contributed by atoms with Crippen molar-refractivity contribution in [2.75, 3.05) is 32.8 Å². The van der Waals surface area contributed by atoms with Gasteiger partial charge in [-0.2, -0.15) is 0 Å². The second-order valence-electron chi connectivity index (χ2n) is 7.54. The SMILES string of the molecule is CC(C)(C)OC(=O)NCC1CCC(C(=O)N2CCOCC2)CC1. The van der Waals surface area contributed by atoms with E-state index in [-0.39, 0.29) is 17.9 Å². The van der Waals surface area contributed by atoms with Gasteiger partial charge >= 0.3 is 6.09 Å². The first-order valence-corrected chi connectivity index (χ1v) is 8.68. The van der Waals surface area contributed by atoms with E-state index in [2.05, 4.69) is 5.32 Å². The molecule has 23 heavy (non-hydrogen) atoms. The first-order valence-electron chi connectivity index (χ1n) is 8.68. The van der Waals surface area contributed by atoms with Crippen molar-refractivity contribution >= 4 is 12.0 Å². The Bertz CT molecular complexity index is 405. The normalized spacial score (nSPS) is 25.8. The average molecular weight is 326 g/mol. The fraction of sp³-hybridized carbons (Fsp3) is 0.882. The summed E-state index contributed by atoms with van der Waals surface area (Å²) in [7, 11) is 0. The number of alkyl carbamates (subject to hydrolysis) is 1. The first-order chi connectivity index (χ1) is 10.8. The quantitative estimate of drug-likeness (QED) is 0.863. The first kappa shape index (κ1) is 18.0. The minimum Gasteiger partial charge on any atom is -0.444 e. The number of morpholine rings is 1. The molecule has 2 rings (SSSR count). The molecule has 1 N–H and O–H groups in total. The lowest BCUT2D eigenvalue weighted by atomic mass is 9.81. The monoisotopic (exact) mass is 326 g/mol. The third-order valence-electron chi connectivity index (χ3n) is 4.45. The van der Waals surface area contributed by atoms with Crippen molar-refractivity contribution in [1.82, 2.24) is 10.2 Å². The Morgan fingerprint density at radius 2 is 1.74 bits per heavy atom. The Labute approximate surface area is 138 Å². The zero-order valence-corrected chi connectivity index (χ0v) is 14.6. The van der Waals surface area contributed by atoms with Crippen molar-refractivity contribution in [2.24, 2.45) is 11.8 Å². The Morgan fingerprint density at radius 3 is 2.30 bits per heavy atom. The van der Waals surface area contributed by atoms with Gasteiger partial charge in [0.1, 0.15) is 5.60 Å². The molecule has 2 fully saturated rings. The summed E-state index contributed by atoms with van der Waals surface area (Å²) in [5.41, 5.74) is -0.466. The number of amides is 2. The molecule has 1 saturated carbocycles. The molecule has 2 aliphatic rings. The van der Waals surface area contributed by atoms with Crippen LogP contribution >= 0.6 is 0 Å². The summed E-state index contributed by atoms with van der Waals surface area (Å²) < 4.78 is 10.5. The van der Waals surface area contributed by atoms with Crippen LogP contribution in [0.3, 0.4) is 0 Å². The fourth-order valence-corrected chi connectivity index (χ4v) is 3.20. The van der Waals surface area contributed by atoms with Gasteiger partial charge in [0.25, 0.3) is 0 Å². The van der Waals surface area contributed by atoms with Crippen LogP contribution < -0.4 is 5.32 Å². The zero-order chi connectivity index (χ0) is 16.9. The van der Waals surface area contributed by atoms with Gasteiger partial charge in [0, 0.05) is 25.6 Å². The van der Waals surface area contributed by atoms with E-state index in [9.17, 15) is 9.59 Å². The molecule has 0 aromatic rings. The van der Waals surface area contributed by atoms with Crippen molar-refractivity contribution in [2.45, 2.75) is 52.1 Å². The van der Waals surface area contributed by atoms with Crippen molar-refractivity contribution < 1.29 is 19.1 Å². The van der Waals surface area contributed by atoms with E-state index < -0.39 is 5.60 Å². The zero-order valence-electron chi connectivity index (χ0n) is 14.6. The van der Waals surface area contributed by atoms with Crippen LogP contribution in [0.2, 0.25) is 0 Å². The highest BCUT2D eigenvalue weighted by Crippen LogP contribution is 2.30. The summed E-state index contributed by atoms with van der Waals surface area (Å²) in [6.07, 6.45) is 3.44. The maximum absolute atomic E-state index is 12.5. The van der Waals surface area contributed by atoms with E-state index in [0.29, 0.717) is 25.7 Å². The largest absolute Gasteiger partial charge is 0.444 e. The molecule has 6 nitrogen and oxygen atoms in total. The molecular weight excluding hydrogens is 296 g/mol. The van der Waals surface area contributed by atoms with Gasteiger partial charge in [0.15, 0.2) is 0 Å². The molecule has 0 aromatic heterocycles. The molecule has 1 aliphatic heterocycles. The summed E-state index contributed by atoms with van der Waals surface area (Å²) in [4.78, 5) is 26.1. The number of carbonyl (C=O) groups is 2. The minimum absolute atomic E-state index is 0.144. The van der Waals surface area contributed by atoms with Crippen LogP contribution in [-0.4, -0.2) is 55.3 Å². The van der Waals surface area contributed by atoms with Crippen LogP contribution in [0.25, 0.3) is 0 Å². The van der Waals surface area contributed by atoms with E-state index in [0.717, 1.165) is 38.8 Å². The van der Waals surface area contributed by atoms with E-state index >= 15 is 0 Å². The number of hydrogen-bond donors (Lipinski definition) is 1. The van der Waals surface area contributed by atoms with Crippen LogP contribution in [0.5, 0.6) is 0 Å². The Kier molecular flexibility index (Phi) is 6.27. The van der Waals surface area contributed by atoms with Gasteiger partial charge in [-0.15, -0.1) is 0 Å². The second-order valence-corrected chi connectivity index (χ2v) is 7.54. The molecule has 2 amide bonds. The average Bonchev–Trinajstić information content (AvgIpc) is 2.52. The predicted octanol–water partition coefficient (Wildman–Crippen LogP) is 2.18. The van der Waals surface area contributed by atoms with Crippen LogP contribution in [0.15, 0.2) is 0 Å². The summed E-state index contributed by atoms with van der Waals surface area (Å²) in [6, 6.07) is 0. The van der Waals surface area contributed by atoms with Crippen LogP contribution in [0, 0.1) is 11.8 Å². The Morgan fingerprint density at radius 1 is 1.13 bits per heavy atom. The lowest BCUT2D eigenvalue weighted by molar-refractivity contribution is -0.141. The maximum atomic E-state index is 12.5. The van der Waals surface area contributed by atoms with Gasteiger partial charge < -0.3 is 19.7 Å². The maximum Gasteiger partial charge on any atom is 0.407 e. The van der Waals surface area contributed by atoms with Crippen molar-refractivity contribution in [3.05, 3.63) is 0 Å². The van der Waals surface area contributed by atoms with Gasteiger partial charge in [0.2, 0.25) is 5.91 Å². The van der Waals surface area contributed by atoms with Gasteiger partial charge in [-0.1, -0.05) is 0 Å². The van der Waals surface area contributed by atoms with E-state index in [1.165, 1.54) is 0 Å². The summed E-state index contributed by atoms with van der Waals surface area (Å²) in [5.74, 6) is 0.869. The summed E-state index contributed by atoms with van der Waals surface area (Å²) >= 11 is 0. The summed E-state index contributed by atoms with van der Waals surface area (Å²) in [5, 5.41) is 2.84. The number of rotatable bonds is 3. The highest BCUT2D eigenvalue weighted by molar-refractivity contribution is 5.79. The fourth-order valence-electron chi connectivity index (χ4n) is 3.20. The van der Waals surface area contributed by atoms with E-state index in [1.54, 1.807) is 0 Å². The highest BCUT2D eigenvalue weighted by Gasteiger charge is 2.30. The third kappa shape index (κ3) is 6.01. The lowest BCUT2D eigenvalue weighted by Crippen LogP contribution is -2.45. The third-order valence-corrected chi connectivity index (χ3v) is 4.45.